The first-order chi connectivity index (χ1) is 10.1. The van der Waals surface area contributed by atoms with Crippen molar-refractivity contribution in [3.8, 4) is 0 Å². The van der Waals surface area contributed by atoms with Gasteiger partial charge in [0.1, 0.15) is 11.4 Å². The van der Waals surface area contributed by atoms with Crippen LogP contribution in [0.3, 0.4) is 0 Å². The molecule has 2 fully saturated rings. The van der Waals surface area contributed by atoms with Crippen molar-refractivity contribution in [3.05, 3.63) is 29.6 Å². The van der Waals surface area contributed by atoms with Crippen molar-refractivity contribution in [2.24, 2.45) is 0 Å². The summed E-state index contributed by atoms with van der Waals surface area (Å²) >= 11 is 0. The smallest absolute Gasteiger partial charge is 0.354 e. The monoisotopic (exact) mass is 290 g/mol. The van der Waals surface area contributed by atoms with Crippen LogP contribution in [-0.2, 0) is 4.74 Å². The summed E-state index contributed by atoms with van der Waals surface area (Å²) in [5.41, 5.74) is -0.118. The molecule has 1 spiro atoms. The molecule has 2 heterocycles. The van der Waals surface area contributed by atoms with Crippen LogP contribution in [0.4, 0.5) is 0 Å². The normalized spacial score (nSPS) is 20.7. The number of carbonyl (C=O) groups excluding carboxylic acids is 1. The van der Waals surface area contributed by atoms with E-state index in [2.05, 4.69) is 4.98 Å². The molecule has 2 aliphatic rings. The number of morpholine rings is 1. The number of nitrogens with zero attached hydrogens (tertiary/aromatic N) is 2. The van der Waals surface area contributed by atoms with E-state index in [4.69, 9.17) is 9.84 Å². The molecule has 1 aromatic rings. The summed E-state index contributed by atoms with van der Waals surface area (Å²) in [6, 6.07) is 4.50. The van der Waals surface area contributed by atoms with Crippen LogP contribution in [0.25, 0.3) is 0 Å². The number of amides is 1. The number of aromatic carboxylic acids is 1. The van der Waals surface area contributed by atoms with Crippen molar-refractivity contribution in [1.82, 2.24) is 9.88 Å². The molecule has 0 bridgehead atoms. The Kier molecular flexibility index (Phi) is 3.63. The lowest BCUT2D eigenvalue weighted by Crippen LogP contribution is -2.52. The molecule has 0 radical (unpaired) electrons. The van der Waals surface area contributed by atoms with Gasteiger partial charge in [-0.1, -0.05) is 18.9 Å². The minimum atomic E-state index is -1.13. The van der Waals surface area contributed by atoms with E-state index in [1.807, 2.05) is 0 Å². The minimum Gasteiger partial charge on any atom is -0.477 e. The van der Waals surface area contributed by atoms with E-state index in [1.165, 1.54) is 6.07 Å². The number of rotatable bonds is 2. The number of carboxylic acid groups (broad SMARTS) is 1. The van der Waals surface area contributed by atoms with Crippen molar-refractivity contribution in [1.29, 1.82) is 0 Å². The van der Waals surface area contributed by atoms with Crippen LogP contribution < -0.4 is 0 Å². The molecule has 1 amide bonds. The van der Waals surface area contributed by atoms with E-state index in [0.29, 0.717) is 19.7 Å². The van der Waals surface area contributed by atoms with Crippen molar-refractivity contribution in [2.45, 2.75) is 31.3 Å². The highest BCUT2D eigenvalue weighted by atomic mass is 16.5. The lowest BCUT2D eigenvalue weighted by Gasteiger charge is -2.40. The third-order valence-corrected chi connectivity index (χ3v) is 4.24. The topological polar surface area (TPSA) is 79.7 Å². The van der Waals surface area contributed by atoms with Crippen LogP contribution in [0, 0.1) is 0 Å². The first-order valence-electron chi connectivity index (χ1n) is 7.23. The third kappa shape index (κ3) is 2.76. The molecule has 0 atom stereocenters. The van der Waals surface area contributed by atoms with Gasteiger partial charge in [0.15, 0.2) is 0 Å². The summed E-state index contributed by atoms with van der Waals surface area (Å²) in [6.45, 7) is 1.63. The van der Waals surface area contributed by atoms with Crippen LogP contribution in [-0.4, -0.2) is 52.2 Å². The average Bonchev–Trinajstić information content (AvgIpc) is 2.94. The summed E-state index contributed by atoms with van der Waals surface area (Å²) in [4.78, 5) is 29.1. The Bertz CT molecular complexity index is 567. The van der Waals surface area contributed by atoms with Crippen molar-refractivity contribution >= 4 is 11.9 Å². The Morgan fingerprint density at radius 2 is 1.95 bits per heavy atom. The lowest BCUT2D eigenvalue weighted by atomic mass is 9.99. The van der Waals surface area contributed by atoms with Crippen molar-refractivity contribution in [2.75, 3.05) is 19.7 Å². The lowest BCUT2D eigenvalue weighted by molar-refractivity contribution is -0.0949. The summed E-state index contributed by atoms with van der Waals surface area (Å²) < 4.78 is 5.90. The molecular formula is C15H18N2O4. The molecule has 0 unspecified atom stereocenters. The maximum absolute atomic E-state index is 12.5. The summed E-state index contributed by atoms with van der Waals surface area (Å²) in [5, 5.41) is 8.96. The maximum atomic E-state index is 12.5. The Hall–Kier alpha value is -1.95. The molecule has 0 aromatic carbocycles. The van der Waals surface area contributed by atoms with Crippen LogP contribution in [0.5, 0.6) is 0 Å². The van der Waals surface area contributed by atoms with Gasteiger partial charge in [0, 0.05) is 6.54 Å². The highest BCUT2D eigenvalue weighted by molar-refractivity contribution is 5.94. The molecule has 3 rings (SSSR count). The van der Waals surface area contributed by atoms with Crippen LogP contribution in [0.15, 0.2) is 18.2 Å². The average molecular weight is 290 g/mol. The minimum absolute atomic E-state index is 0.107. The van der Waals surface area contributed by atoms with Gasteiger partial charge in [-0.3, -0.25) is 4.79 Å². The van der Waals surface area contributed by atoms with E-state index >= 15 is 0 Å². The SMILES string of the molecule is O=C(O)c1cccc(C(=O)N2CCOC3(CCCC3)C2)n1. The molecule has 6 nitrogen and oxygen atoms in total. The molecule has 6 heteroatoms. The number of pyridine rings is 1. The molecular weight excluding hydrogens is 272 g/mol. The molecule has 1 saturated carbocycles. The van der Waals surface area contributed by atoms with Gasteiger partial charge >= 0.3 is 5.97 Å². The summed E-state index contributed by atoms with van der Waals surface area (Å²) in [6.07, 6.45) is 4.24. The quantitative estimate of drug-likeness (QED) is 0.894. The van der Waals surface area contributed by atoms with E-state index < -0.39 is 5.97 Å². The molecule has 1 aliphatic carbocycles. The van der Waals surface area contributed by atoms with Crippen LogP contribution in [0.2, 0.25) is 0 Å². The van der Waals surface area contributed by atoms with Gasteiger partial charge in [0.25, 0.3) is 5.91 Å². The molecule has 21 heavy (non-hydrogen) atoms. The van der Waals surface area contributed by atoms with E-state index in [0.717, 1.165) is 25.7 Å². The number of ether oxygens (including phenoxy) is 1. The Morgan fingerprint density at radius 1 is 1.24 bits per heavy atom. The van der Waals surface area contributed by atoms with Crippen molar-refractivity contribution in [3.63, 3.8) is 0 Å². The van der Waals surface area contributed by atoms with Gasteiger partial charge in [0.2, 0.25) is 0 Å². The zero-order valence-corrected chi connectivity index (χ0v) is 11.7. The Balaban J connectivity index is 1.78. The van der Waals surface area contributed by atoms with E-state index in [9.17, 15) is 9.59 Å². The maximum Gasteiger partial charge on any atom is 0.354 e. The molecule has 1 saturated heterocycles. The van der Waals surface area contributed by atoms with Crippen molar-refractivity contribution < 1.29 is 19.4 Å². The van der Waals surface area contributed by atoms with Gasteiger partial charge in [-0.15, -0.1) is 0 Å². The second kappa shape index (κ2) is 5.44. The Morgan fingerprint density at radius 3 is 2.67 bits per heavy atom. The second-order valence-electron chi connectivity index (χ2n) is 5.68. The largest absolute Gasteiger partial charge is 0.477 e. The number of carbonyl (C=O) groups is 2. The Labute approximate surface area is 122 Å². The van der Waals surface area contributed by atoms with Crippen LogP contribution in [0.1, 0.15) is 46.7 Å². The molecule has 1 aromatic heterocycles. The first-order valence-corrected chi connectivity index (χ1v) is 7.23. The number of carboxylic acids is 1. The van der Waals surface area contributed by atoms with Gasteiger partial charge in [-0.2, -0.15) is 0 Å². The fraction of sp³-hybridized carbons (Fsp3) is 0.533. The van der Waals surface area contributed by atoms with E-state index in [1.54, 1.807) is 17.0 Å². The van der Waals surface area contributed by atoms with Crippen LogP contribution >= 0.6 is 0 Å². The number of aromatic nitrogens is 1. The number of hydrogen-bond donors (Lipinski definition) is 1. The van der Waals surface area contributed by atoms with Gasteiger partial charge < -0.3 is 14.7 Å². The predicted octanol–water partition coefficient (Wildman–Crippen LogP) is 1.56. The highest BCUT2D eigenvalue weighted by Gasteiger charge is 2.40. The standard InChI is InChI=1S/C15H18N2O4/c18-13(11-4-3-5-12(16-11)14(19)20)17-8-9-21-15(10-17)6-1-2-7-15/h3-5H,1-2,6-10H2,(H,19,20). The highest BCUT2D eigenvalue weighted by Crippen LogP contribution is 2.36. The van der Waals surface area contributed by atoms with Gasteiger partial charge in [0.05, 0.1) is 18.8 Å². The summed E-state index contributed by atoms with van der Waals surface area (Å²) in [5.74, 6) is -1.34. The third-order valence-electron chi connectivity index (χ3n) is 4.24. The first kappa shape index (κ1) is 14.0. The second-order valence-corrected chi connectivity index (χ2v) is 5.68. The van der Waals surface area contributed by atoms with Gasteiger partial charge in [-0.25, -0.2) is 9.78 Å². The number of hydrogen-bond acceptors (Lipinski definition) is 4. The molecule has 1 aliphatic heterocycles. The molecule has 1 N–H and O–H groups in total. The van der Waals surface area contributed by atoms with Gasteiger partial charge in [-0.05, 0) is 25.0 Å². The van der Waals surface area contributed by atoms with E-state index in [-0.39, 0.29) is 22.9 Å². The fourth-order valence-corrected chi connectivity index (χ4v) is 3.17. The predicted molar refractivity (Wildman–Crippen MR) is 74.3 cm³/mol. The molecule has 112 valence electrons. The fourth-order valence-electron chi connectivity index (χ4n) is 3.17. The zero-order chi connectivity index (χ0) is 14.9. The summed E-state index contributed by atoms with van der Waals surface area (Å²) in [7, 11) is 0. The zero-order valence-electron chi connectivity index (χ0n) is 11.7.